The summed E-state index contributed by atoms with van der Waals surface area (Å²) in [4.78, 5) is 10.5. The molecule has 0 aliphatic carbocycles. The van der Waals surface area contributed by atoms with E-state index in [4.69, 9.17) is 16.7 Å². The molecule has 1 aromatic carbocycles. The minimum Gasteiger partial charge on any atom is -0.478 e. The van der Waals surface area contributed by atoms with Crippen molar-refractivity contribution in [2.75, 3.05) is 0 Å². The second kappa shape index (κ2) is 5.37. The average molecular weight is 328 g/mol. The molecule has 1 aromatic heterocycles. The molecule has 1 heterocycles. The van der Waals surface area contributed by atoms with Gasteiger partial charge in [-0.15, -0.1) is 0 Å². The Balaban J connectivity index is 2.50. The molecule has 4 nitrogen and oxygen atoms in total. The number of nitrogens with zero attached hydrogens (tertiary/aromatic N) is 2. The molecule has 2 rings (SSSR count). The lowest BCUT2D eigenvalue weighted by Gasteiger charge is -2.06. The molecule has 0 radical (unpaired) electrons. The standard InChI is InChI=1S/C12H8BrClN2O2/c13-9-6-15-16(7-9)11-5-10(14)3-1-8(11)2-4-12(17)18/h1-7H,(H,17,18)/b4-2+. The van der Waals surface area contributed by atoms with Crippen LogP contribution in [0, 0.1) is 0 Å². The zero-order valence-corrected chi connectivity index (χ0v) is 11.4. The van der Waals surface area contributed by atoms with Crippen molar-refractivity contribution in [1.29, 1.82) is 0 Å². The lowest BCUT2D eigenvalue weighted by molar-refractivity contribution is -0.131. The summed E-state index contributed by atoms with van der Waals surface area (Å²) in [6.45, 7) is 0. The number of carbonyl (C=O) groups is 1. The van der Waals surface area contributed by atoms with Gasteiger partial charge >= 0.3 is 5.97 Å². The summed E-state index contributed by atoms with van der Waals surface area (Å²) in [5, 5.41) is 13.4. The first-order valence-electron chi connectivity index (χ1n) is 4.97. The van der Waals surface area contributed by atoms with Crippen LogP contribution < -0.4 is 0 Å². The normalized spacial score (nSPS) is 11.0. The summed E-state index contributed by atoms with van der Waals surface area (Å²) in [5.74, 6) is -1.00. The number of carboxylic acids is 1. The molecule has 0 saturated carbocycles. The number of aromatic nitrogens is 2. The topological polar surface area (TPSA) is 55.1 Å². The fraction of sp³-hybridized carbons (Fsp3) is 0. The summed E-state index contributed by atoms with van der Waals surface area (Å²) in [7, 11) is 0. The molecule has 0 atom stereocenters. The monoisotopic (exact) mass is 326 g/mol. The first-order valence-corrected chi connectivity index (χ1v) is 6.14. The van der Waals surface area contributed by atoms with E-state index in [1.54, 1.807) is 35.3 Å². The third-order valence-electron chi connectivity index (χ3n) is 2.20. The van der Waals surface area contributed by atoms with E-state index in [9.17, 15) is 4.79 Å². The Kier molecular flexibility index (Phi) is 3.84. The molecule has 0 spiro atoms. The maximum Gasteiger partial charge on any atom is 0.328 e. The van der Waals surface area contributed by atoms with Crippen LogP contribution in [0.1, 0.15) is 5.56 Å². The Morgan fingerprint density at radius 1 is 1.50 bits per heavy atom. The van der Waals surface area contributed by atoms with Crippen molar-refractivity contribution in [3.8, 4) is 5.69 Å². The number of benzene rings is 1. The maximum atomic E-state index is 10.5. The van der Waals surface area contributed by atoms with Crippen LogP contribution in [0.5, 0.6) is 0 Å². The van der Waals surface area contributed by atoms with Crippen molar-refractivity contribution in [3.63, 3.8) is 0 Å². The smallest absolute Gasteiger partial charge is 0.328 e. The van der Waals surface area contributed by atoms with Gasteiger partial charge in [0.1, 0.15) is 0 Å². The van der Waals surface area contributed by atoms with Crippen LogP contribution in [0.15, 0.2) is 41.1 Å². The lowest BCUT2D eigenvalue weighted by Crippen LogP contribution is -1.97. The molecular formula is C12H8BrClN2O2. The van der Waals surface area contributed by atoms with Crippen LogP contribution in [-0.2, 0) is 4.79 Å². The van der Waals surface area contributed by atoms with Gasteiger partial charge < -0.3 is 5.11 Å². The van der Waals surface area contributed by atoms with Crippen LogP contribution in [0.25, 0.3) is 11.8 Å². The molecule has 1 N–H and O–H groups in total. The van der Waals surface area contributed by atoms with Crippen molar-refractivity contribution in [3.05, 3.63) is 51.7 Å². The van der Waals surface area contributed by atoms with E-state index in [0.717, 1.165) is 16.1 Å². The highest BCUT2D eigenvalue weighted by Crippen LogP contribution is 2.22. The van der Waals surface area contributed by atoms with E-state index in [1.807, 2.05) is 0 Å². The van der Waals surface area contributed by atoms with E-state index >= 15 is 0 Å². The van der Waals surface area contributed by atoms with E-state index < -0.39 is 5.97 Å². The minimum atomic E-state index is -1.00. The predicted molar refractivity (Wildman–Crippen MR) is 72.9 cm³/mol. The quantitative estimate of drug-likeness (QED) is 0.879. The van der Waals surface area contributed by atoms with E-state index in [-0.39, 0.29) is 0 Å². The molecule has 0 aliphatic heterocycles. The molecule has 0 unspecified atom stereocenters. The summed E-state index contributed by atoms with van der Waals surface area (Å²) >= 11 is 9.25. The van der Waals surface area contributed by atoms with Crippen LogP contribution in [0.3, 0.4) is 0 Å². The fourth-order valence-electron chi connectivity index (χ4n) is 1.45. The van der Waals surface area contributed by atoms with Crippen molar-refractivity contribution in [2.45, 2.75) is 0 Å². The Hall–Kier alpha value is -1.59. The molecule has 0 saturated heterocycles. The molecule has 92 valence electrons. The Morgan fingerprint density at radius 3 is 2.89 bits per heavy atom. The molecular weight excluding hydrogens is 320 g/mol. The van der Waals surface area contributed by atoms with Gasteiger partial charge in [-0.3, -0.25) is 0 Å². The van der Waals surface area contributed by atoms with E-state index in [0.29, 0.717) is 10.7 Å². The highest BCUT2D eigenvalue weighted by molar-refractivity contribution is 9.10. The van der Waals surface area contributed by atoms with Gasteiger partial charge in [-0.2, -0.15) is 5.10 Å². The number of hydrogen-bond donors (Lipinski definition) is 1. The zero-order chi connectivity index (χ0) is 13.1. The van der Waals surface area contributed by atoms with Gasteiger partial charge in [-0.1, -0.05) is 17.7 Å². The molecule has 0 fully saturated rings. The number of carboxylic acid groups (broad SMARTS) is 1. The molecule has 0 amide bonds. The number of rotatable bonds is 3. The number of aliphatic carboxylic acids is 1. The molecule has 18 heavy (non-hydrogen) atoms. The van der Waals surface area contributed by atoms with Crippen molar-refractivity contribution < 1.29 is 9.90 Å². The van der Waals surface area contributed by atoms with Gasteiger partial charge in [-0.25, -0.2) is 9.48 Å². The summed E-state index contributed by atoms with van der Waals surface area (Å²) in [6.07, 6.45) is 5.99. The largest absolute Gasteiger partial charge is 0.478 e. The van der Waals surface area contributed by atoms with E-state index in [1.165, 1.54) is 6.08 Å². The molecule has 0 aliphatic rings. The third kappa shape index (κ3) is 3.00. The second-order valence-corrected chi connectivity index (χ2v) is 4.83. The SMILES string of the molecule is O=C(O)/C=C/c1ccc(Cl)cc1-n1cc(Br)cn1. The molecule has 0 bridgehead atoms. The van der Waals surface area contributed by atoms with Gasteiger partial charge in [0.05, 0.1) is 16.4 Å². The van der Waals surface area contributed by atoms with Gasteiger partial charge in [0, 0.05) is 22.9 Å². The van der Waals surface area contributed by atoms with Gasteiger partial charge in [0.25, 0.3) is 0 Å². The van der Waals surface area contributed by atoms with Gasteiger partial charge in [0.15, 0.2) is 0 Å². The van der Waals surface area contributed by atoms with Crippen molar-refractivity contribution in [1.82, 2.24) is 9.78 Å². The van der Waals surface area contributed by atoms with Crippen LogP contribution in [0.4, 0.5) is 0 Å². The molecule has 2 aromatic rings. The van der Waals surface area contributed by atoms with Crippen LogP contribution in [0.2, 0.25) is 5.02 Å². The Bertz CT molecular complexity index is 622. The second-order valence-electron chi connectivity index (χ2n) is 3.48. The Labute approximate surface area is 117 Å². The predicted octanol–water partition coefficient (Wildman–Crippen LogP) is 3.39. The van der Waals surface area contributed by atoms with Crippen molar-refractivity contribution >= 4 is 39.6 Å². The number of halogens is 2. The highest BCUT2D eigenvalue weighted by atomic mass is 79.9. The molecule has 6 heteroatoms. The third-order valence-corrected chi connectivity index (χ3v) is 2.84. The summed E-state index contributed by atoms with van der Waals surface area (Å²) < 4.78 is 2.45. The zero-order valence-electron chi connectivity index (χ0n) is 9.05. The first kappa shape index (κ1) is 12.9. The van der Waals surface area contributed by atoms with Crippen molar-refractivity contribution in [2.24, 2.45) is 0 Å². The van der Waals surface area contributed by atoms with Crippen LogP contribution >= 0.6 is 27.5 Å². The maximum absolute atomic E-state index is 10.5. The summed E-state index contributed by atoms with van der Waals surface area (Å²) in [6, 6.07) is 5.17. The van der Waals surface area contributed by atoms with E-state index in [2.05, 4.69) is 21.0 Å². The summed E-state index contributed by atoms with van der Waals surface area (Å²) in [5.41, 5.74) is 1.43. The van der Waals surface area contributed by atoms with Gasteiger partial charge in [0.2, 0.25) is 0 Å². The highest BCUT2D eigenvalue weighted by Gasteiger charge is 2.05. The fourth-order valence-corrected chi connectivity index (χ4v) is 1.90. The first-order chi connectivity index (χ1) is 8.56. The number of hydrogen-bond acceptors (Lipinski definition) is 2. The van der Waals surface area contributed by atoms with Crippen LogP contribution in [-0.4, -0.2) is 20.9 Å². The van der Waals surface area contributed by atoms with Gasteiger partial charge in [-0.05, 0) is 34.1 Å². The lowest BCUT2D eigenvalue weighted by atomic mass is 10.1. The Morgan fingerprint density at radius 2 is 2.28 bits per heavy atom. The minimum absolute atomic E-state index is 0.559. The average Bonchev–Trinajstić information content (AvgIpc) is 2.74.